The summed E-state index contributed by atoms with van der Waals surface area (Å²) in [7, 11) is 0. The zero-order valence-corrected chi connectivity index (χ0v) is 27.3. The number of halogens is 2. The predicted octanol–water partition coefficient (Wildman–Crippen LogP) is 9.56. The van der Waals surface area contributed by atoms with Gasteiger partial charge in [0.25, 0.3) is 0 Å². The summed E-state index contributed by atoms with van der Waals surface area (Å²) >= 11 is 36.4. The van der Waals surface area contributed by atoms with Crippen molar-refractivity contribution >= 4 is 132 Å². The van der Waals surface area contributed by atoms with Crippen molar-refractivity contribution in [3.05, 3.63) is 0 Å². The highest BCUT2D eigenvalue weighted by molar-refractivity contribution is 8.24. The van der Waals surface area contributed by atoms with Gasteiger partial charge >= 0.3 is 0 Å². The van der Waals surface area contributed by atoms with Gasteiger partial charge in [-0.2, -0.15) is 37.9 Å². The van der Waals surface area contributed by atoms with Crippen LogP contribution in [0.1, 0.15) is 47.5 Å². The monoisotopic (exact) mass is 640 g/mol. The number of hydrogen-bond acceptors (Lipinski definition) is 9. The lowest BCUT2D eigenvalue weighted by Gasteiger charge is -2.38. The summed E-state index contributed by atoms with van der Waals surface area (Å²) in [5.41, 5.74) is 0. The number of alkyl halides is 2. The van der Waals surface area contributed by atoms with E-state index in [0.717, 1.165) is 28.8 Å². The van der Waals surface area contributed by atoms with Crippen LogP contribution >= 0.6 is 132 Å². The third-order valence-electron chi connectivity index (χ3n) is 3.90. The molecule has 0 spiro atoms. The maximum absolute atomic E-state index is 5.82. The first-order chi connectivity index (χ1) is 14.3. The van der Waals surface area contributed by atoms with E-state index in [1.165, 1.54) is 42.3 Å². The van der Waals surface area contributed by atoms with Crippen LogP contribution in [0.25, 0.3) is 0 Å². The molecule has 0 radical (unpaired) electrons. The minimum absolute atomic E-state index is 0. The molecule has 2 aliphatic heterocycles. The Bertz CT molecular complexity index is 381. The molecule has 190 valence electrons. The van der Waals surface area contributed by atoms with Crippen LogP contribution in [-0.4, -0.2) is 69.4 Å². The molecule has 2 saturated heterocycles. The summed E-state index contributed by atoms with van der Waals surface area (Å²) in [6.07, 6.45) is 3.83. The molecular formula is C20H42Cl2S9. The van der Waals surface area contributed by atoms with E-state index in [9.17, 15) is 0 Å². The summed E-state index contributed by atoms with van der Waals surface area (Å²) in [6.45, 7) is 6.64. The summed E-state index contributed by atoms with van der Waals surface area (Å²) in [6, 6.07) is 0. The second kappa shape index (κ2) is 22.9. The number of thiol groups is 3. The molecule has 0 aliphatic carbocycles. The minimum Gasteiger partial charge on any atom is -0.179 e. The molecule has 0 unspecified atom stereocenters. The largest absolute Gasteiger partial charge is 0.179 e. The van der Waals surface area contributed by atoms with Gasteiger partial charge in [-0.3, -0.25) is 0 Å². The normalized spacial score (nSPS) is 19.5. The molecule has 0 saturated carbocycles. The highest BCUT2D eigenvalue weighted by Crippen LogP contribution is 2.52. The van der Waals surface area contributed by atoms with Gasteiger partial charge in [0.05, 0.1) is 12.7 Å². The zero-order valence-electron chi connectivity index (χ0n) is 18.2. The van der Waals surface area contributed by atoms with Crippen LogP contribution in [0.15, 0.2) is 0 Å². The van der Waals surface area contributed by atoms with E-state index in [-0.39, 0.29) is 16.3 Å². The molecule has 0 aromatic heterocycles. The molecule has 2 aliphatic rings. The molecule has 0 amide bonds. The fourth-order valence-corrected chi connectivity index (χ4v) is 12.8. The number of rotatable bonds is 9. The lowest BCUT2D eigenvalue weighted by atomic mass is 10.5. The molecular weight excluding hydrogens is 600 g/mol. The van der Waals surface area contributed by atoms with Crippen molar-refractivity contribution < 1.29 is 0 Å². The van der Waals surface area contributed by atoms with Crippen molar-refractivity contribution in [2.45, 2.75) is 65.0 Å². The van der Waals surface area contributed by atoms with Crippen LogP contribution in [0, 0.1) is 0 Å². The lowest BCUT2D eigenvalue weighted by Crippen LogP contribution is -2.32. The molecule has 2 rings (SSSR count). The van der Waals surface area contributed by atoms with Crippen LogP contribution in [0.2, 0.25) is 0 Å². The Morgan fingerprint density at radius 1 is 0.774 bits per heavy atom. The Balaban J connectivity index is 0. The maximum Gasteiger partial charge on any atom is 0.131 e. The third kappa shape index (κ3) is 17.0. The second-order valence-electron chi connectivity index (χ2n) is 6.68. The van der Waals surface area contributed by atoms with Crippen molar-refractivity contribution in [3.8, 4) is 0 Å². The molecule has 0 aromatic carbocycles. The molecule has 2 fully saturated rings. The van der Waals surface area contributed by atoms with Crippen LogP contribution in [0.3, 0.4) is 0 Å². The molecule has 0 N–H and O–H groups in total. The van der Waals surface area contributed by atoms with Crippen LogP contribution in [0.5, 0.6) is 0 Å². The van der Waals surface area contributed by atoms with Crippen molar-refractivity contribution in [3.63, 3.8) is 0 Å². The summed E-state index contributed by atoms with van der Waals surface area (Å²) in [4.78, 5) is -0.247. The van der Waals surface area contributed by atoms with Crippen LogP contribution in [0.4, 0.5) is 0 Å². The van der Waals surface area contributed by atoms with E-state index >= 15 is 0 Å². The number of hydrogen-bond donors (Lipinski definition) is 3. The van der Waals surface area contributed by atoms with Crippen LogP contribution < -0.4 is 0 Å². The quantitative estimate of drug-likeness (QED) is 0.129. The first-order valence-electron chi connectivity index (χ1n) is 10.2. The van der Waals surface area contributed by atoms with Crippen molar-refractivity contribution in [1.29, 1.82) is 0 Å². The van der Waals surface area contributed by atoms with Gasteiger partial charge in [0.15, 0.2) is 0 Å². The van der Waals surface area contributed by atoms with Gasteiger partial charge in [0.2, 0.25) is 0 Å². The third-order valence-corrected chi connectivity index (χ3v) is 17.3. The summed E-state index contributed by atoms with van der Waals surface area (Å²) in [5, 5.41) is 0. The second-order valence-corrected chi connectivity index (χ2v) is 18.5. The van der Waals surface area contributed by atoms with E-state index in [4.69, 9.17) is 23.2 Å². The Morgan fingerprint density at radius 2 is 1.13 bits per heavy atom. The molecule has 0 aromatic rings. The molecule has 0 nitrogen and oxygen atoms in total. The predicted molar refractivity (Wildman–Crippen MR) is 179 cm³/mol. The van der Waals surface area contributed by atoms with E-state index in [1.807, 2.05) is 23.5 Å². The molecule has 31 heavy (non-hydrogen) atoms. The SMILES string of the molecule is C.CC1(C(Cl)Cl)SCCCS1.CC1(C(SCCS)SCCS)SCCCS1.CCCS. The van der Waals surface area contributed by atoms with Gasteiger partial charge in [-0.1, -0.05) is 14.4 Å². The Hall–Kier alpha value is 3.73. The first-order valence-corrected chi connectivity index (χ1v) is 19.0. The summed E-state index contributed by atoms with van der Waals surface area (Å²) in [5.74, 6) is 10.3. The van der Waals surface area contributed by atoms with E-state index < -0.39 is 0 Å². The minimum atomic E-state index is -0.247. The molecule has 11 heteroatoms. The average molecular weight is 642 g/mol. The molecule has 0 atom stereocenters. The van der Waals surface area contributed by atoms with Gasteiger partial charge in [0.1, 0.15) is 4.84 Å². The smallest absolute Gasteiger partial charge is 0.131 e. The number of thioether (sulfide) groups is 6. The lowest BCUT2D eigenvalue weighted by molar-refractivity contribution is 0.945. The fraction of sp³-hybridized carbons (Fsp3) is 1.00. The summed E-state index contributed by atoms with van der Waals surface area (Å²) < 4.78 is 1.11. The molecule has 0 bridgehead atoms. The topological polar surface area (TPSA) is 0 Å². The van der Waals surface area contributed by atoms with E-state index in [2.05, 4.69) is 106 Å². The van der Waals surface area contributed by atoms with E-state index in [1.54, 1.807) is 0 Å². The van der Waals surface area contributed by atoms with Crippen molar-refractivity contribution in [2.75, 3.05) is 51.8 Å². The van der Waals surface area contributed by atoms with Gasteiger partial charge in [-0.15, -0.1) is 93.8 Å². The standard InChI is InChI=1S/C10H20S6.C6H10Cl2S2.C3H8S.CH4/c1-10(15-5-2-6-16-10)9(13-7-3-11)14-8-4-12;1-6(5(7)8)9-3-2-4-10-6;1-2-3-4;/h9,11-12H,2-8H2,1H3;5H,2-4H2,1H3;4H,2-3H2,1H3;1H4. The van der Waals surface area contributed by atoms with Crippen LogP contribution in [-0.2, 0) is 0 Å². The highest BCUT2D eigenvalue weighted by atomic mass is 35.5. The Labute approximate surface area is 245 Å². The maximum atomic E-state index is 5.82. The van der Waals surface area contributed by atoms with Gasteiger partial charge in [-0.25, -0.2) is 0 Å². The molecule has 2 heterocycles. The Morgan fingerprint density at radius 3 is 1.39 bits per heavy atom. The fourth-order valence-electron chi connectivity index (χ4n) is 2.23. The Kier molecular flexibility index (Phi) is 27.2. The van der Waals surface area contributed by atoms with Gasteiger partial charge < -0.3 is 0 Å². The van der Waals surface area contributed by atoms with E-state index in [0.29, 0.717) is 8.66 Å². The van der Waals surface area contributed by atoms with Crippen molar-refractivity contribution in [1.82, 2.24) is 0 Å². The van der Waals surface area contributed by atoms with Gasteiger partial charge in [0, 0.05) is 11.5 Å². The zero-order chi connectivity index (χ0) is 22.9. The average Bonchev–Trinajstić information content (AvgIpc) is 2.75. The first kappa shape index (κ1) is 36.9. The highest BCUT2D eigenvalue weighted by Gasteiger charge is 2.37. The van der Waals surface area contributed by atoms with Gasteiger partial charge in [-0.05, 0) is 73.4 Å². The van der Waals surface area contributed by atoms with Crippen molar-refractivity contribution in [2.24, 2.45) is 0 Å².